The molecule has 0 spiro atoms. The molecule has 0 radical (unpaired) electrons. The average Bonchev–Trinajstić information content (AvgIpc) is 2.51. The Morgan fingerprint density at radius 2 is 2.18 bits per heavy atom. The monoisotopic (exact) mass is 324 g/mol. The fraction of sp³-hybridized carbons (Fsp3) is 0.588. The number of ether oxygens (including phenoxy) is 1. The molecule has 122 valence electrons. The van der Waals surface area contributed by atoms with Gasteiger partial charge in [0, 0.05) is 6.04 Å². The molecule has 1 saturated carbocycles. The van der Waals surface area contributed by atoms with E-state index in [1.165, 1.54) is 6.42 Å². The van der Waals surface area contributed by atoms with Gasteiger partial charge in [0.2, 0.25) is 0 Å². The highest BCUT2D eigenvalue weighted by atomic mass is 35.5. The lowest BCUT2D eigenvalue weighted by atomic mass is 9.84. The Balaban J connectivity index is 1.95. The molecule has 4 nitrogen and oxygen atoms in total. The minimum atomic E-state index is -0.584. The summed E-state index contributed by atoms with van der Waals surface area (Å²) in [5.74, 6) is 0.804. The second-order valence-corrected chi connectivity index (χ2v) is 6.50. The first kappa shape index (κ1) is 17.1. The zero-order valence-electron chi connectivity index (χ0n) is 13.3. The largest absolute Gasteiger partial charge is 0.479 e. The maximum absolute atomic E-state index is 12.4. The Labute approximate surface area is 137 Å². The lowest BCUT2D eigenvalue weighted by Crippen LogP contribution is -2.48. The van der Waals surface area contributed by atoms with E-state index in [0.717, 1.165) is 24.8 Å². The summed E-state index contributed by atoms with van der Waals surface area (Å²) in [7, 11) is 0. The van der Waals surface area contributed by atoms with Crippen LogP contribution in [0, 0.1) is 12.8 Å². The van der Waals surface area contributed by atoms with Gasteiger partial charge in [-0.05, 0) is 56.8 Å². The summed E-state index contributed by atoms with van der Waals surface area (Å²) in [5.41, 5.74) is 6.85. The lowest BCUT2D eigenvalue weighted by molar-refractivity contribution is -0.128. The molecule has 2 rings (SSSR count). The van der Waals surface area contributed by atoms with Crippen molar-refractivity contribution in [2.45, 2.75) is 51.7 Å². The van der Waals surface area contributed by atoms with Gasteiger partial charge in [-0.2, -0.15) is 0 Å². The standard InChI is InChI=1S/C17H25ClN2O2/c1-11-7-8-14(18)16(9-11)22-12(2)17(21)20-15-6-4-3-5-13(15)10-19/h7-9,12-13,15H,3-6,10,19H2,1-2H3,(H,20,21). The van der Waals surface area contributed by atoms with E-state index in [4.69, 9.17) is 22.1 Å². The Morgan fingerprint density at radius 1 is 1.45 bits per heavy atom. The summed E-state index contributed by atoms with van der Waals surface area (Å²) < 4.78 is 5.72. The van der Waals surface area contributed by atoms with Gasteiger partial charge < -0.3 is 15.8 Å². The minimum Gasteiger partial charge on any atom is -0.479 e. The molecular weight excluding hydrogens is 300 g/mol. The van der Waals surface area contributed by atoms with Crippen molar-refractivity contribution in [1.29, 1.82) is 0 Å². The second kappa shape index (κ2) is 7.84. The minimum absolute atomic E-state index is 0.108. The fourth-order valence-electron chi connectivity index (χ4n) is 2.92. The second-order valence-electron chi connectivity index (χ2n) is 6.09. The third-order valence-corrected chi connectivity index (χ3v) is 4.61. The number of carbonyl (C=O) groups excluding carboxylic acids is 1. The molecule has 0 saturated heterocycles. The van der Waals surface area contributed by atoms with E-state index in [2.05, 4.69) is 5.32 Å². The maximum Gasteiger partial charge on any atom is 0.261 e. The van der Waals surface area contributed by atoms with Crippen LogP contribution in [-0.2, 0) is 4.79 Å². The highest BCUT2D eigenvalue weighted by molar-refractivity contribution is 6.32. The van der Waals surface area contributed by atoms with Crippen LogP contribution in [-0.4, -0.2) is 24.6 Å². The summed E-state index contributed by atoms with van der Waals surface area (Å²) in [6.07, 6.45) is 3.82. The Bertz CT molecular complexity index is 521. The van der Waals surface area contributed by atoms with E-state index in [-0.39, 0.29) is 11.9 Å². The van der Waals surface area contributed by atoms with Crippen LogP contribution in [0.25, 0.3) is 0 Å². The van der Waals surface area contributed by atoms with Crippen LogP contribution in [0.4, 0.5) is 0 Å². The smallest absolute Gasteiger partial charge is 0.261 e. The van der Waals surface area contributed by atoms with Crippen molar-refractivity contribution in [2.75, 3.05) is 6.54 Å². The summed E-state index contributed by atoms with van der Waals surface area (Å²) in [5, 5.41) is 3.60. The van der Waals surface area contributed by atoms with Crippen LogP contribution in [0.5, 0.6) is 5.75 Å². The quantitative estimate of drug-likeness (QED) is 0.875. The van der Waals surface area contributed by atoms with Crippen LogP contribution in [0.2, 0.25) is 5.02 Å². The van der Waals surface area contributed by atoms with Gasteiger partial charge in [0.05, 0.1) is 5.02 Å². The van der Waals surface area contributed by atoms with Gasteiger partial charge in [0.25, 0.3) is 5.91 Å². The van der Waals surface area contributed by atoms with Crippen LogP contribution in [0.1, 0.15) is 38.2 Å². The van der Waals surface area contributed by atoms with Gasteiger partial charge in [0.15, 0.2) is 6.10 Å². The zero-order valence-corrected chi connectivity index (χ0v) is 14.0. The van der Waals surface area contributed by atoms with Gasteiger partial charge in [0.1, 0.15) is 5.75 Å². The third-order valence-electron chi connectivity index (χ3n) is 4.30. The molecule has 0 heterocycles. The number of halogens is 1. The highest BCUT2D eigenvalue weighted by Gasteiger charge is 2.27. The first-order chi connectivity index (χ1) is 10.5. The molecule has 3 N–H and O–H groups in total. The van der Waals surface area contributed by atoms with Crippen molar-refractivity contribution in [1.82, 2.24) is 5.32 Å². The number of hydrogen-bond donors (Lipinski definition) is 2. The molecule has 0 aliphatic heterocycles. The number of aryl methyl sites for hydroxylation is 1. The molecule has 1 aliphatic rings. The SMILES string of the molecule is Cc1ccc(Cl)c(OC(C)C(=O)NC2CCCCC2CN)c1. The molecule has 1 fully saturated rings. The molecule has 0 bridgehead atoms. The number of nitrogens with two attached hydrogens (primary N) is 1. The summed E-state index contributed by atoms with van der Waals surface area (Å²) in [6, 6.07) is 5.69. The maximum atomic E-state index is 12.4. The molecule has 3 unspecified atom stereocenters. The Hall–Kier alpha value is -1.26. The Kier molecular flexibility index (Phi) is 6.09. The zero-order chi connectivity index (χ0) is 16.1. The molecule has 0 aromatic heterocycles. The van der Waals surface area contributed by atoms with Gasteiger partial charge in [-0.25, -0.2) is 0 Å². The number of amides is 1. The highest BCUT2D eigenvalue weighted by Crippen LogP contribution is 2.27. The van der Waals surface area contributed by atoms with E-state index in [1.54, 1.807) is 13.0 Å². The average molecular weight is 325 g/mol. The molecule has 3 atom stereocenters. The molecule has 1 amide bonds. The van der Waals surface area contributed by atoms with E-state index >= 15 is 0 Å². The first-order valence-corrected chi connectivity index (χ1v) is 8.32. The van der Waals surface area contributed by atoms with Crippen molar-refractivity contribution in [3.63, 3.8) is 0 Å². The molecule has 1 aromatic carbocycles. The van der Waals surface area contributed by atoms with Gasteiger partial charge >= 0.3 is 0 Å². The van der Waals surface area contributed by atoms with E-state index < -0.39 is 6.10 Å². The van der Waals surface area contributed by atoms with Crippen molar-refractivity contribution in [3.05, 3.63) is 28.8 Å². The number of nitrogens with one attached hydrogen (secondary N) is 1. The number of rotatable bonds is 5. The van der Waals surface area contributed by atoms with Crippen LogP contribution >= 0.6 is 11.6 Å². The van der Waals surface area contributed by atoms with Gasteiger partial charge in [-0.3, -0.25) is 4.79 Å². The molecule has 1 aliphatic carbocycles. The summed E-state index contributed by atoms with van der Waals surface area (Å²) >= 11 is 6.11. The number of benzene rings is 1. The fourth-order valence-corrected chi connectivity index (χ4v) is 3.09. The third kappa shape index (κ3) is 4.37. The van der Waals surface area contributed by atoms with Crippen molar-refractivity contribution in [2.24, 2.45) is 11.7 Å². The van der Waals surface area contributed by atoms with Crippen LogP contribution in [0.3, 0.4) is 0 Å². The van der Waals surface area contributed by atoms with Crippen LogP contribution in [0.15, 0.2) is 18.2 Å². The van der Waals surface area contributed by atoms with Crippen molar-refractivity contribution >= 4 is 17.5 Å². The predicted octanol–water partition coefficient (Wildman–Crippen LogP) is 3.05. The lowest BCUT2D eigenvalue weighted by Gasteiger charge is -2.32. The van der Waals surface area contributed by atoms with Gasteiger partial charge in [-0.15, -0.1) is 0 Å². The molecule has 22 heavy (non-hydrogen) atoms. The van der Waals surface area contributed by atoms with Crippen molar-refractivity contribution in [3.8, 4) is 5.75 Å². The van der Waals surface area contributed by atoms with E-state index in [0.29, 0.717) is 23.2 Å². The Morgan fingerprint density at radius 3 is 2.91 bits per heavy atom. The molecule has 1 aromatic rings. The topological polar surface area (TPSA) is 64.3 Å². The molecular formula is C17H25ClN2O2. The van der Waals surface area contributed by atoms with Crippen LogP contribution < -0.4 is 15.8 Å². The number of hydrogen-bond acceptors (Lipinski definition) is 3. The van der Waals surface area contributed by atoms with E-state index in [1.807, 2.05) is 19.1 Å². The van der Waals surface area contributed by atoms with E-state index in [9.17, 15) is 4.79 Å². The predicted molar refractivity (Wildman–Crippen MR) is 89.2 cm³/mol. The molecule has 5 heteroatoms. The first-order valence-electron chi connectivity index (χ1n) is 7.94. The van der Waals surface area contributed by atoms with Gasteiger partial charge in [-0.1, -0.05) is 30.5 Å². The summed E-state index contributed by atoms with van der Waals surface area (Å²) in [6.45, 7) is 4.32. The number of carbonyl (C=O) groups is 1. The van der Waals surface area contributed by atoms with Crippen molar-refractivity contribution < 1.29 is 9.53 Å². The normalized spacial score (nSPS) is 22.9. The summed E-state index contributed by atoms with van der Waals surface area (Å²) in [4.78, 5) is 12.4.